The highest BCUT2D eigenvalue weighted by atomic mass is 19.3. The average Bonchev–Trinajstić information content (AvgIpc) is 2.06. The van der Waals surface area contributed by atoms with Crippen molar-refractivity contribution in [3.8, 4) is 0 Å². The van der Waals surface area contributed by atoms with Gasteiger partial charge in [-0.15, -0.1) is 0 Å². The smallest absolute Gasteiger partial charge is 0.310 e. The minimum absolute atomic E-state index is 0.136. The van der Waals surface area contributed by atoms with Gasteiger partial charge in [0.15, 0.2) is 0 Å². The molecule has 1 nitrogen and oxygen atoms in total. The topological polar surface area (TPSA) is 12.0 Å². The molecule has 1 rings (SSSR count). The minimum atomic E-state index is -3.80. The van der Waals surface area contributed by atoms with Gasteiger partial charge in [0, 0.05) is 5.92 Å². The molecule has 0 aromatic carbocycles. The van der Waals surface area contributed by atoms with Gasteiger partial charge in [0.05, 0.1) is 0 Å². The molecule has 1 aliphatic heterocycles. The molecule has 0 aromatic rings. The molecule has 0 saturated carbocycles. The van der Waals surface area contributed by atoms with Gasteiger partial charge in [-0.25, -0.2) is 8.78 Å². The lowest BCUT2D eigenvalue weighted by atomic mass is 9.91. The first-order chi connectivity index (χ1) is 5.55. The SMILES string of the molecule is FC(F)C(F)(F)C1CCNCC1. The zero-order valence-corrected chi connectivity index (χ0v) is 6.49. The Bertz CT molecular complexity index is 142. The number of rotatable bonds is 2. The Kier molecular flexibility index (Phi) is 2.93. The van der Waals surface area contributed by atoms with Crippen molar-refractivity contribution in [1.29, 1.82) is 0 Å². The molecular formula is C7H11F4N. The molecule has 1 saturated heterocycles. The lowest BCUT2D eigenvalue weighted by Gasteiger charge is -2.29. The molecule has 0 spiro atoms. The van der Waals surface area contributed by atoms with Crippen LogP contribution in [0.1, 0.15) is 12.8 Å². The number of nitrogens with one attached hydrogen (secondary N) is 1. The zero-order valence-electron chi connectivity index (χ0n) is 6.49. The lowest BCUT2D eigenvalue weighted by Crippen LogP contribution is -2.42. The molecule has 0 unspecified atom stereocenters. The fourth-order valence-electron chi connectivity index (χ4n) is 1.38. The molecule has 1 aliphatic rings. The van der Waals surface area contributed by atoms with Crippen molar-refractivity contribution in [2.45, 2.75) is 25.2 Å². The second-order valence-corrected chi connectivity index (χ2v) is 3.00. The summed E-state index contributed by atoms with van der Waals surface area (Å²) in [6.07, 6.45) is -3.25. The van der Waals surface area contributed by atoms with Gasteiger partial charge < -0.3 is 5.32 Å². The Balaban J connectivity index is 2.53. The monoisotopic (exact) mass is 185 g/mol. The first-order valence-electron chi connectivity index (χ1n) is 3.92. The van der Waals surface area contributed by atoms with Crippen LogP contribution < -0.4 is 5.32 Å². The summed E-state index contributed by atoms with van der Waals surface area (Å²) in [4.78, 5) is 0. The van der Waals surface area contributed by atoms with Gasteiger partial charge in [-0.2, -0.15) is 8.78 Å². The van der Waals surface area contributed by atoms with Crippen molar-refractivity contribution in [3.05, 3.63) is 0 Å². The standard InChI is InChI=1S/C7H11F4N/c8-6(9)7(10,11)5-1-3-12-4-2-5/h5-6,12H,1-4H2. The minimum Gasteiger partial charge on any atom is -0.317 e. The van der Waals surface area contributed by atoms with Crippen LogP contribution in [-0.2, 0) is 0 Å². The van der Waals surface area contributed by atoms with E-state index in [0.717, 1.165) is 0 Å². The van der Waals surface area contributed by atoms with E-state index in [0.29, 0.717) is 13.1 Å². The van der Waals surface area contributed by atoms with E-state index in [1.54, 1.807) is 0 Å². The van der Waals surface area contributed by atoms with Crippen LogP contribution in [0.3, 0.4) is 0 Å². The number of piperidine rings is 1. The van der Waals surface area contributed by atoms with Crippen LogP contribution in [0.15, 0.2) is 0 Å². The number of hydrogen-bond acceptors (Lipinski definition) is 1. The summed E-state index contributed by atoms with van der Waals surface area (Å²) < 4.78 is 49.0. The second-order valence-electron chi connectivity index (χ2n) is 3.00. The normalized spacial score (nSPS) is 21.8. The van der Waals surface area contributed by atoms with Crippen molar-refractivity contribution < 1.29 is 17.6 Å². The Hall–Kier alpha value is -0.320. The van der Waals surface area contributed by atoms with Crippen molar-refractivity contribution in [1.82, 2.24) is 5.32 Å². The third-order valence-electron chi connectivity index (χ3n) is 2.17. The summed E-state index contributed by atoms with van der Waals surface area (Å²) in [7, 11) is 0. The maximum absolute atomic E-state index is 12.7. The van der Waals surface area contributed by atoms with Gasteiger partial charge in [-0.3, -0.25) is 0 Å². The molecule has 1 heterocycles. The van der Waals surface area contributed by atoms with E-state index in [1.165, 1.54) is 0 Å². The highest BCUT2D eigenvalue weighted by Gasteiger charge is 2.48. The van der Waals surface area contributed by atoms with E-state index in [9.17, 15) is 17.6 Å². The molecule has 72 valence electrons. The maximum atomic E-state index is 12.7. The van der Waals surface area contributed by atoms with Crippen LogP contribution in [0.2, 0.25) is 0 Å². The largest absolute Gasteiger partial charge is 0.317 e. The second kappa shape index (κ2) is 3.60. The van der Waals surface area contributed by atoms with Crippen LogP contribution in [0, 0.1) is 5.92 Å². The van der Waals surface area contributed by atoms with E-state index in [-0.39, 0.29) is 12.8 Å². The van der Waals surface area contributed by atoms with Crippen molar-refractivity contribution in [2.75, 3.05) is 13.1 Å². The predicted molar refractivity (Wildman–Crippen MR) is 36.5 cm³/mol. The Labute approximate surface area is 68.1 Å². The van der Waals surface area contributed by atoms with Crippen LogP contribution in [0.4, 0.5) is 17.6 Å². The number of alkyl halides is 4. The summed E-state index contributed by atoms with van der Waals surface area (Å²) in [6.45, 7) is 0.819. The van der Waals surface area contributed by atoms with Crippen molar-refractivity contribution >= 4 is 0 Å². The molecule has 0 radical (unpaired) electrons. The molecule has 0 aromatic heterocycles. The molecule has 0 amide bonds. The highest BCUT2D eigenvalue weighted by Crippen LogP contribution is 2.36. The summed E-state index contributed by atoms with van der Waals surface area (Å²) in [5, 5.41) is 2.85. The summed E-state index contributed by atoms with van der Waals surface area (Å²) in [6, 6.07) is 0. The maximum Gasteiger partial charge on any atom is 0.310 e. The fourth-order valence-corrected chi connectivity index (χ4v) is 1.38. The van der Waals surface area contributed by atoms with E-state index >= 15 is 0 Å². The van der Waals surface area contributed by atoms with E-state index in [2.05, 4.69) is 5.32 Å². The summed E-state index contributed by atoms with van der Waals surface area (Å²) in [5.74, 6) is -4.96. The molecule has 0 bridgehead atoms. The molecule has 0 aliphatic carbocycles. The lowest BCUT2D eigenvalue weighted by molar-refractivity contribution is -0.170. The van der Waals surface area contributed by atoms with Crippen LogP contribution >= 0.6 is 0 Å². The molecule has 1 N–H and O–H groups in total. The van der Waals surface area contributed by atoms with Gasteiger partial charge in [-0.1, -0.05) is 0 Å². The molecule has 0 atom stereocenters. The Morgan fingerprint density at radius 1 is 1.17 bits per heavy atom. The van der Waals surface area contributed by atoms with Crippen LogP contribution in [0.5, 0.6) is 0 Å². The average molecular weight is 185 g/mol. The molecule has 5 heteroatoms. The van der Waals surface area contributed by atoms with Crippen molar-refractivity contribution in [3.63, 3.8) is 0 Å². The third-order valence-corrected chi connectivity index (χ3v) is 2.17. The van der Waals surface area contributed by atoms with Crippen LogP contribution in [0.25, 0.3) is 0 Å². The van der Waals surface area contributed by atoms with E-state index in [1.807, 2.05) is 0 Å². The first-order valence-corrected chi connectivity index (χ1v) is 3.92. The highest BCUT2D eigenvalue weighted by molar-refractivity contribution is 4.83. The van der Waals surface area contributed by atoms with E-state index in [4.69, 9.17) is 0 Å². The van der Waals surface area contributed by atoms with Gasteiger partial charge in [0.2, 0.25) is 0 Å². The third kappa shape index (κ3) is 1.88. The molecular weight excluding hydrogens is 174 g/mol. The van der Waals surface area contributed by atoms with Gasteiger partial charge in [0.1, 0.15) is 0 Å². The van der Waals surface area contributed by atoms with Gasteiger partial charge in [-0.05, 0) is 25.9 Å². The van der Waals surface area contributed by atoms with Gasteiger partial charge in [0.25, 0.3) is 0 Å². The van der Waals surface area contributed by atoms with Crippen LogP contribution in [-0.4, -0.2) is 25.4 Å². The van der Waals surface area contributed by atoms with Crippen molar-refractivity contribution in [2.24, 2.45) is 5.92 Å². The zero-order chi connectivity index (χ0) is 9.19. The first kappa shape index (κ1) is 9.77. The Morgan fingerprint density at radius 3 is 2.08 bits per heavy atom. The predicted octanol–water partition coefficient (Wildman–Crippen LogP) is 1.89. The fraction of sp³-hybridized carbons (Fsp3) is 1.00. The molecule has 12 heavy (non-hydrogen) atoms. The Morgan fingerprint density at radius 2 is 1.67 bits per heavy atom. The number of halogens is 4. The molecule has 1 fully saturated rings. The quantitative estimate of drug-likeness (QED) is 0.648. The van der Waals surface area contributed by atoms with Gasteiger partial charge >= 0.3 is 12.3 Å². The number of hydrogen-bond donors (Lipinski definition) is 1. The summed E-state index contributed by atoms with van der Waals surface area (Å²) in [5.41, 5.74) is 0. The summed E-state index contributed by atoms with van der Waals surface area (Å²) >= 11 is 0. The van der Waals surface area contributed by atoms with E-state index < -0.39 is 18.3 Å².